The maximum absolute atomic E-state index is 12.7. The molecule has 0 radical (unpaired) electrons. The van der Waals surface area contributed by atoms with Gasteiger partial charge in [-0.2, -0.15) is 0 Å². The van der Waals surface area contributed by atoms with Gasteiger partial charge in [0.2, 0.25) is 0 Å². The zero-order chi connectivity index (χ0) is 24.0. The molecule has 0 bridgehead atoms. The van der Waals surface area contributed by atoms with E-state index in [1.165, 1.54) is 0 Å². The predicted molar refractivity (Wildman–Crippen MR) is 131 cm³/mol. The SMILES string of the molecule is Cc1ccc(OC(C)C(=O)Nc2ccc(C)c(NC(=O)C(C)Oc3ccc(C)cc3)c2)cc1. The number of aryl methyl sites for hydroxylation is 3. The maximum atomic E-state index is 12.7. The molecule has 2 N–H and O–H groups in total. The summed E-state index contributed by atoms with van der Waals surface area (Å²) in [6, 6.07) is 20.4. The van der Waals surface area contributed by atoms with Gasteiger partial charge in [-0.1, -0.05) is 41.5 Å². The number of anilines is 2. The second kappa shape index (κ2) is 10.7. The van der Waals surface area contributed by atoms with Gasteiger partial charge in [0.15, 0.2) is 12.2 Å². The first-order valence-electron chi connectivity index (χ1n) is 10.9. The number of nitrogens with one attached hydrogen (secondary N) is 2. The van der Waals surface area contributed by atoms with Gasteiger partial charge in [-0.05, 0) is 76.6 Å². The average molecular weight is 447 g/mol. The quantitative estimate of drug-likeness (QED) is 0.484. The highest BCUT2D eigenvalue weighted by atomic mass is 16.5. The number of hydrogen-bond acceptors (Lipinski definition) is 4. The smallest absolute Gasteiger partial charge is 0.265 e. The average Bonchev–Trinajstić information content (AvgIpc) is 2.79. The molecule has 2 unspecified atom stereocenters. The lowest BCUT2D eigenvalue weighted by Gasteiger charge is -2.18. The molecule has 33 heavy (non-hydrogen) atoms. The van der Waals surface area contributed by atoms with Crippen LogP contribution in [0.15, 0.2) is 66.7 Å². The van der Waals surface area contributed by atoms with E-state index in [4.69, 9.17) is 9.47 Å². The van der Waals surface area contributed by atoms with Crippen LogP contribution in [-0.4, -0.2) is 24.0 Å². The van der Waals surface area contributed by atoms with Gasteiger partial charge in [-0.3, -0.25) is 9.59 Å². The number of amides is 2. The third kappa shape index (κ3) is 6.84. The summed E-state index contributed by atoms with van der Waals surface area (Å²) >= 11 is 0. The lowest BCUT2D eigenvalue weighted by molar-refractivity contribution is -0.122. The van der Waals surface area contributed by atoms with Crippen LogP contribution in [0.4, 0.5) is 11.4 Å². The topological polar surface area (TPSA) is 76.7 Å². The molecule has 0 spiro atoms. The predicted octanol–water partition coefficient (Wildman–Crippen LogP) is 5.42. The lowest BCUT2D eigenvalue weighted by Crippen LogP contribution is -2.31. The first-order valence-corrected chi connectivity index (χ1v) is 10.9. The lowest BCUT2D eigenvalue weighted by atomic mass is 10.1. The van der Waals surface area contributed by atoms with Gasteiger partial charge in [0.1, 0.15) is 11.5 Å². The Labute approximate surface area is 194 Å². The molecule has 2 atom stereocenters. The molecule has 6 nitrogen and oxygen atoms in total. The fourth-order valence-corrected chi connectivity index (χ4v) is 3.06. The summed E-state index contributed by atoms with van der Waals surface area (Å²) < 4.78 is 11.5. The van der Waals surface area contributed by atoms with Crippen LogP contribution in [-0.2, 0) is 9.59 Å². The molecule has 3 aromatic rings. The van der Waals surface area contributed by atoms with Gasteiger partial charge in [0.05, 0.1) is 0 Å². The normalized spacial score (nSPS) is 12.4. The molecule has 0 aromatic heterocycles. The molecule has 172 valence electrons. The van der Waals surface area contributed by atoms with Gasteiger partial charge in [-0.15, -0.1) is 0 Å². The Hall–Kier alpha value is -3.80. The first kappa shape index (κ1) is 23.9. The van der Waals surface area contributed by atoms with Gasteiger partial charge in [0, 0.05) is 11.4 Å². The van der Waals surface area contributed by atoms with Crippen molar-refractivity contribution in [3.63, 3.8) is 0 Å². The molecule has 0 aliphatic carbocycles. The Morgan fingerprint density at radius 1 is 0.667 bits per heavy atom. The van der Waals surface area contributed by atoms with E-state index in [1.54, 1.807) is 26.0 Å². The Balaban J connectivity index is 1.60. The second-order valence-electron chi connectivity index (χ2n) is 8.15. The van der Waals surface area contributed by atoms with Crippen LogP contribution in [0, 0.1) is 20.8 Å². The van der Waals surface area contributed by atoms with Crippen LogP contribution < -0.4 is 20.1 Å². The van der Waals surface area contributed by atoms with Crippen molar-refractivity contribution in [3.8, 4) is 11.5 Å². The highest BCUT2D eigenvalue weighted by molar-refractivity contribution is 5.97. The zero-order valence-electron chi connectivity index (χ0n) is 19.6. The minimum Gasteiger partial charge on any atom is -0.481 e. The Morgan fingerprint density at radius 2 is 1.12 bits per heavy atom. The van der Waals surface area contributed by atoms with Gasteiger partial charge in [-0.25, -0.2) is 0 Å². The van der Waals surface area contributed by atoms with Crippen LogP contribution in [0.3, 0.4) is 0 Å². The molecule has 0 aliphatic heterocycles. The molecule has 0 heterocycles. The molecule has 0 fully saturated rings. The molecule has 3 rings (SSSR count). The van der Waals surface area contributed by atoms with Gasteiger partial charge in [0.25, 0.3) is 11.8 Å². The molecule has 0 saturated heterocycles. The second-order valence-corrected chi connectivity index (χ2v) is 8.15. The first-order chi connectivity index (χ1) is 15.7. The van der Waals surface area contributed by atoms with E-state index < -0.39 is 12.2 Å². The standard InChI is InChI=1S/C27H30N2O4/c1-17-6-12-23(13-7-17)32-20(4)26(30)28-22-11-10-19(3)25(16-22)29-27(31)21(5)33-24-14-8-18(2)9-15-24/h6-16,20-21H,1-5H3,(H,28,30)(H,29,31). The summed E-state index contributed by atoms with van der Waals surface area (Å²) in [5.41, 5.74) is 4.27. The van der Waals surface area contributed by atoms with E-state index >= 15 is 0 Å². The van der Waals surface area contributed by atoms with Crippen molar-refractivity contribution in [1.82, 2.24) is 0 Å². The summed E-state index contributed by atoms with van der Waals surface area (Å²) in [5, 5.41) is 5.73. The summed E-state index contributed by atoms with van der Waals surface area (Å²) in [6.45, 7) is 9.25. The number of carbonyl (C=O) groups excluding carboxylic acids is 2. The zero-order valence-corrected chi connectivity index (χ0v) is 19.6. The number of benzene rings is 3. The summed E-state index contributed by atoms with van der Waals surface area (Å²) in [5.74, 6) is 0.692. The molecular formula is C27H30N2O4. The number of ether oxygens (including phenoxy) is 2. The number of carbonyl (C=O) groups is 2. The summed E-state index contributed by atoms with van der Waals surface area (Å²) in [4.78, 5) is 25.3. The Morgan fingerprint density at radius 3 is 1.61 bits per heavy atom. The third-order valence-electron chi connectivity index (χ3n) is 5.17. The summed E-state index contributed by atoms with van der Waals surface area (Å²) in [6.07, 6.45) is -1.37. The highest BCUT2D eigenvalue weighted by Gasteiger charge is 2.18. The fourth-order valence-electron chi connectivity index (χ4n) is 3.06. The van der Waals surface area contributed by atoms with E-state index in [9.17, 15) is 9.59 Å². The van der Waals surface area contributed by atoms with Gasteiger partial charge >= 0.3 is 0 Å². The van der Waals surface area contributed by atoms with E-state index in [2.05, 4.69) is 10.6 Å². The molecule has 0 aliphatic rings. The molecule has 0 saturated carbocycles. The van der Waals surface area contributed by atoms with E-state index in [0.717, 1.165) is 16.7 Å². The van der Waals surface area contributed by atoms with Crippen molar-refractivity contribution in [2.45, 2.75) is 46.8 Å². The third-order valence-corrected chi connectivity index (χ3v) is 5.17. The van der Waals surface area contributed by atoms with Crippen LogP contribution in [0.25, 0.3) is 0 Å². The van der Waals surface area contributed by atoms with Crippen molar-refractivity contribution in [3.05, 3.63) is 83.4 Å². The monoisotopic (exact) mass is 446 g/mol. The van der Waals surface area contributed by atoms with E-state index in [1.807, 2.05) is 75.4 Å². The molecule has 2 amide bonds. The van der Waals surface area contributed by atoms with Crippen LogP contribution >= 0.6 is 0 Å². The molecule has 3 aromatic carbocycles. The van der Waals surface area contributed by atoms with Crippen molar-refractivity contribution in [2.24, 2.45) is 0 Å². The van der Waals surface area contributed by atoms with Crippen LogP contribution in [0.2, 0.25) is 0 Å². The van der Waals surface area contributed by atoms with Crippen molar-refractivity contribution in [2.75, 3.05) is 10.6 Å². The van der Waals surface area contributed by atoms with Crippen LogP contribution in [0.1, 0.15) is 30.5 Å². The number of hydrogen-bond donors (Lipinski definition) is 2. The fraction of sp³-hybridized carbons (Fsp3) is 0.259. The van der Waals surface area contributed by atoms with Crippen LogP contribution in [0.5, 0.6) is 11.5 Å². The minimum atomic E-state index is -0.687. The number of rotatable bonds is 8. The molecular weight excluding hydrogens is 416 g/mol. The molecule has 6 heteroatoms. The van der Waals surface area contributed by atoms with E-state index in [-0.39, 0.29) is 11.8 Å². The van der Waals surface area contributed by atoms with Crippen molar-refractivity contribution < 1.29 is 19.1 Å². The summed E-state index contributed by atoms with van der Waals surface area (Å²) in [7, 11) is 0. The Kier molecular flexibility index (Phi) is 7.72. The largest absolute Gasteiger partial charge is 0.481 e. The van der Waals surface area contributed by atoms with Crippen molar-refractivity contribution >= 4 is 23.2 Å². The van der Waals surface area contributed by atoms with Gasteiger partial charge < -0.3 is 20.1 Å². The van der Waals surface area contributed by atoms with E-state index in [0.29, 0.717) is 22.9 Å². The maximum Gasteiger partial charge on any atom is 0.265 e. The highest BCUT2D eigenvalue weighted by Crippen LogP contribution is 2.22. The minimum absolute atomic E-state index is 0.279. The Bertz CT molecular complexity index is 1110. The van der Waals surface area contributed by atoms with Crippen molar-refractivity contribution in [1.29, 1.82) is 0 Å².